The molecular weight excluding hydrogens is 192 g/mol. The Morgan fingerprint density at radius 1 is 0.875 bits per heavy atom. The van der Waals surface area contributed by atoms with E-state index in [0.29, 0.717) is 5.92 Å². The summed E-state index contributed by atoms with van der Waals surface area (Å²) < 4.78 is 0. The van der Waals surface area contributed by atoms with Gasteiger partial charge in [-0.1, -0.05) is 61.5 Å². The van der Waals surface area contributed by atoms with Crippen molar-refractivity contribution in [3.8, 4) is 0 Å². The third kappa shape index (κ3) is 2.16. The number of hydrogen-bond donors (Lipinski definition) is 0. The third-order valence-electron chi connectivity index (χ3n) is 3.17. The SMILES string of the molecule is CCC(c1ccccc1)c1ccccc1C. The zero-order chi connectivity index (χ0) is 11.4. The Kier molecular flexibility index (Phi) is 3.40. The Morgan fingerprint density at radius 3 is 2.12 bits per heavy atom. The van der Waals surface area contributed by atoms with Crippen LogP contribution in [0.5, 0.6) is 0 Å². The average Bonchev–Trinajstić information content (AvgIpc) is 2.34. The Labute approximate surface area is 97.9 Å². The second-order valence-electron chi connectivity index (χ2n) is 4.23. The summed E-state index contributed by atoms with van der Waals surface area (Å²) in [7, 11) is 0. The molecule has 0 saturated carbocycles. The molecule has 0 nitrogen and oxygen atoms in total. The zero-order valence-electron chi connectivity index (χ0n) is 9.98. The van der Waals surface area contributed by atoms with Gasteiger partial charge in [0.1, 0.15) is 0 Å². The molecule has 0 bridgehead atoms. The lowest BCUT2D eigenvalue weighted by Crippen LogP contribution is -2.01. The topological polar surface area (TPSA) is 0 Å². The Morgan fingerprint density at radius 2 is 1.50 bits per heavy atom. The van der Waals surface area contributed by atoms with Gasteiger partial charge in [-0.3, -0.25) is 0 Å². The van der Waals surface area contributed by atoms with Crippen molar-refractivity contribution >= 4 is 0 Å². The smallest absolute Gasteiger partial charge is 0.00893 e. The highest BCUT2D eigenvalue weighted by atomic mass is 14.2. The summed E-state index contributed by atoms with van der Waals surface area (Å²) in [4.78, 5) is 0. The second-order valence-corrected chi connectivity index (χ2v) is 4.23. The Hall–Kier alpha value is -1.56. The summed E-state index contributed by atoms with van der Waals surface area (Å²) in [6.45, 7) is 4.45. The summed E-state index contributed by atoms with van der Waals surface area (Å²) in [6.07, 6.45) is 1.15. The van der Waals surface area contributed by atoms with Gasteiger partial charge in [0, 0.05) is 5.92 Å². The van der Waals surface area contributed by atoms with Crippen LogP contribution in [0.1, 0.15) is 36.0 Å². The molecule has 1 unspecified atom stereocenters. The van der Waals surface area contributed by atoms with Gasteiger partial charge in [-0.15, -0.1) is 0 Å². The van der Waals surface area contributed by atoms with Gasteiger partial charge < -0.3 is 0 Å². The van der Waals surface area contributed by atoms with Crippen molar-refractivity contribution in [1.29, 1.82) is 0 Å². The van der Waals surface area contributed by atoms with E-state index in [0.717, 1.165) is 6.42 Å². The predicted octanol–water partition coefficient (Wildman–Crippen LogP) is 4.54. The summed E-state index contributed by atoms with van der Waals surface area (Å²) in [5, 5.41) is 0. The van der Waals surface area contributed by atoms with E-state index in [9.17, 15) is 0 Å². The number of rotatable bonds is 3. The van der Waals surface area contributed by atoms with Crippen LogP contribution in [0.2, 0.25) is 0 Å². The number of aryl methyl sites for hydroxylation is 1. The minimum atomic E-state index is 0.530. The highest BCUT2D eigenvalue weighted by Crippen LogP contribution is 2.29. The number of hydrogen-bond acceptors (Lipinski definition) is 0. The lowest BCUT2D eigenvalue weighted by atomic mass is 9.87. The molecule has 1 atom stereocenters. The molecule has 0 amide bonds. The van der Waals surface area contributed by atoms with E-state index in [2.05, 4.69) is 68.4 Å². The van der Waals surface area contributed by atoms with E-state index < -0.39 is 0 Å². The summed E-state index contributed by atoms with van der Waals surface area (Å²) in [5.74, 6) is 0.530. The minimum absolute atomic E-state index is 0.530. The van der Waals surface area contributed by atoms with E-state index in [1.54, 1.807) is 0 Å². The number of benzene rings is 2. The van der Waals surface area contributed by atoms with Crippen molar-refractivity contribution in [2.24, 2.45) is 0 Å². The van der Waals surface area contributed by atoms with Crippen LogP contribution in [0.15, 0.2) is 54.6 Å². The molecule has 0 radical (unpaired) electrons. The van der Waals surface area contributed by atoms with Gasteiger partial charge in [-0.25, -0.2) is 0 Å². The fraction of sp³-hybridized carbons (Fsp3) is 0.250. The Bertz CT molecular complexity index is 443. The van der Waals surface area contributed by atoms with Crippen molar-refractivity contribution in [3.63, 3.8) is 0 Å². The van der Waals surface area contributed by atoms with E-state index in [4.69, 9.17) is 0 Å². The zero-order valence-corrected chi connectivity index (χ0v) is 9.98. The van der Waals surface area contributed by atoms with Crippen LogP contribution in [-0.2, 0) is 0 Å². The molecule has 0 heterocycles. The van der Waals surface area contributed by atoms with Crippen LogP contribution in [0.25, 0.3) is 0 Å². The van der Waals surface area contributed by atoms with Crippen LogP contribution in [0, 0.1) is 6.92 Å². The van der Waals surface area contributed by atoms with Crippen molar-refractivity contribution < 1.29 is 0 Å². The molecule has 16 heavy (non-hydrogen) atoms. The second kappa shape index (κ2) is 4.98. The quantitative estimate of drug-likeness (QED) is 0.698. The van der Waals surface area contributed by atoms with E-state index in [1.165, 1.54) is 16.7 Å². The van der Waals surface area contributed by atoms with Crippen LogP contribution < -0.4 is 0 Å². The van der Waals surface area contributed by atoms with Crippen LogP contribution in [0.4, 0.5) is 0 Å². The molecule has 0 spiro atoms. The molecule has 2 rings (SSSR count). The molecule has 2 aromatic rings. The van der Waals surface area contributed by atoms with Gasteiger partial charge in [-0.2, -0.15) is 0 Å². The van der Waals surface area contributed by atoms with E-state index in [-0.39, 0.29) is 0 Å². The van der Waals surface area contributed by atoms with Crippen molar-refractivity contribution in [2.75, 3.05) is 0 Å². The fourth-order valence-electron chi connectivity index (χ4n) is 2.30. The van der Waals surface area contributed by atoms with Crippen molar-refractivity contribution in [2.45, 2.75) is 26.2 Å². The highest BCUT2D eigenvalue weighted by molar-refractivity contribution is 5.37. The minimum Gasteiger partial charge on any atom is -0.0645 e. The largest absolute Gasteiger partial charge is 0.0645 e. The van der Waals surface area contributed by atoms with Crippen LogP contribution in [-0.4, -0.2) is 0 Å². The van der Waals surface area contributed by atoms with Gasteiger partial charge in [0.15, 0.2) is 0 Å². The first kappa shape index (κ1) is 10.9. The van der Waals surface area contributed by atoms with E-state index in [1.807, 2.05) is 0 Å². The maximum Gasteiger partial charge on any atom is 0.00893 e. The maximum absolute atomic E-state index is 2.25. The molecule has 82 valence electrons. The lowest BCUT2D eigenvalue weighted by molar-refractivity contribution is 0.771. The highest BCUT2D eigenvalue weighted by Gasteiger charge is 2.12. The van der Waals surface area contributed by atoms with Gasteiger partial charge in [0.2, 0.25) is 0 Å². The van der Waals surface area contributed by atoms with Gasteiger partial charge in [-0.05, 0) is 30.0 Å². The molecule has 0 saturated heterocycles. The fourth-order valence-corrected chi connectivity index (χ4v) is 2.30. The molecule has 2 aromatic carbocycles. The summed E-state index contributed by atoms with van der Waals surface area (Å²) in [6, 6.07) is 19.4. The van der Waals surface area contributed by atoms with Gasteiger partial charge in [0.25, 0.3) is 0 Å². The van der Waals surface area contributed by atoms with Crippen molar-refractivity contribution in [1.82, 2.24) is 0 Å². The third-order valence-corrected chi connectivity index (χ3v) is 3.17. The average molecular weight is 210 g/mol. The first-order valence-electron chi connectivity index (χ1n) is 5.93. The molecule has 0 N–H and O–H groups in total. The first-order chi connectivity index (χ1) is 7.83. The Balaban J connectivity index is 2.41. The van der Waals surface area contributed by atoms with Crippen LogP contribution >= 0.6 is 0 Å². The van der Waals surface area contributed by atoms with Crippen LogP contribution in [0.3, 0.4) is 0 Å². The predicted molar refractivity (Wildman–Crippen MR) is 69.8 cm³/mol. The molecule has 0 aliphatic carbocycles. The van der Waals surface area contributed by atoms with Gasteiger partial charge >= 0.3 is 0 Å². The van der Waals surface area contributed by atoms with E-state index >= 15 is 0 Å². The molecule has 0 aliphatic heterocycles. The lowest BCUT2D eigenvalue weighted by Gasteiger charge is -2.18. The first-order valence-corrected chi connectivity index (χ1v) is 5.93. The summed E-state index contributed by atoms with van der Waals surface area (Å²) in [5.41, 5.74) is 4.26. The monoisotopic (exact) mass is 210 g/mol. The summed E-state index contributed by atoms with van der Waals surface area (Å²) >= 11 is 0. The molecular formula is C16H18. The molecule has 0 heteroatoms. The molecule has 0 aliphatic rings. The molecule has 0 fully saturated rings. The van der Waals surface area contributed by atoms with Crippen molar-refractivity contribution in [3.05, 3.63) is 71.3 Å². The normalized spacial score (nSPS) is 12.4. The maximum atomic E-state index is 2.25. The standard InChI is InChI=1S/C16H18/c1-3-15(14-10-5-4-6-11-14)16-12-8-7-9-13(16)2/h4-12,15H,3H2,1-2H3. The molecule has 0 aromatic heterocycles. The van der Waals surface area contributed by atoms with Gasteiger partial charge in [0.05, 0.1) is 0 Å².